The van der Waals surface area contributed by atoms with E-state index in [0.717, 1.165) is 40.1 Å². The number of halogens is 3. The SMILES string of the molecule is Cc1nc(NCC(F)(F)F)nc(N[C@H]2CC[C@@H](C)C2)c1-c1nc2ccccc2s1. The number of alkyl halides is 3. The quantitative estimate of drug-likeness (QED) is 0.559. The van der Waals surface area contributed by atoms with Gasteiger partial charge < -0.3 is 10.6 Å². The molecule has 0 bridgehead atoms. The molecule has 2 atom stereocenters. The summed E-state index contributed by atoms with van der Waals surface area (Å²) >= 11 is 1.53. The topological polar surface area (TPSA) is 62.7 Å². The van der Waals surface area contributed by atoms with E-state index in [0.29, 0.717) is 17.4 Å². The van der Waals surface area contributed by atoms with Crippen LogP contribution in [0.25, 0.3) is 20.8 Å². The van der Waals surface area contributed by atoms with Crippen LogP contribution in [0, 0.1) is 12.8 Å². The van der Waals surface area contributed by atoms with E-state index in [4.69, 9.17) is 4.98 Å². The molecule has 0 radical (unpaired) electrons. The molecule has 29 heavy (non-hydrogen) atoms. The molecule has 3 aromatic rings. The van der Waals surface area contributed by atoms with Gasteiger partial charge >= 0.3 is 6.18 Å². The molecule has 2 N–H and O–H groups in total. The Kier molecular flexibility index (Phi) is 5.33. The molecule has 2 heterocycles. The van der Waals surface area contributed by atoms with Crippen molar-refractivity contribution in [3.8, 4) is 10.6 Å². The van der Waals surface area contributed by atoms with Crippen LogP contribution in [0.3, 0.4) is 0 Å². The van der Waals surface area contributed by atoms with E-state index >= 15 is 0 Å². The minimum Gasteiger partial charge on any atom is -0.367 e. The van der Waals surface area contributed by atoms with E-state index in [1.807, 2.05) is 24.3 Å². The first kappa shape index (κ1) is 19.9. The number of aromatic nitrogens is 3. The predicted molar refractivity (Wildman–Crippen MR) is 110 cm³/mol. The number of nitrogens with one attached hydrogen (secondary N) is 2. The van der Waals surface area contributed by atoms with Crippen molar-refractivity contribution in [2.24, 2.45) is 5.92 Å². The van der Waals surface area contributed by atoms with Crippen molar-refractivity contribution in [1.82, 2.24) is 15.0 Å². The van der Waals surface area contributed by atoms with Crippen LogP contribution in [0.2, 0.25) is 0 Å². The molecule has 0 unspecified atom stereocenters. The lowest BCUT2D eigenvalue weighted by Crippen LogP contribution is -2.23. The second-order valence-corrected chi connectivity index (χ2v) is 8.60. The molecule has 5 nitrogen and oxygen atoms in total. The minimum absolute atomic E-state index is 0.0294. The van der Waals surface area contributed by atoms with Crippen LogP contribution in [0.4, 0.5) is 24.9 Å². The smallest absolute Gasteiger partial charge is 0.367 e. The molecule has 0 spiro atoms. The molecule has 0 amide bonds. The molecule has 4 rings (SSSR count). The van der Waals surface area contributed by atoms with E-state index in [2.05, 4.69) is 27.5 Å². The molecule has 1 aliphatic carbocycles. The number of hydrogen-bond acceptors (Lipinski definition) is 6. The van der Waals surface area contributed by atoms with Gasteiger partial charge in [0.25, 0.3) is 0 Å². The van der Waals surface area contributed by atoms with Gasteiger partial charge in [-0.15, -0.1) is 11.3 Å². The van der Waals surface area contributed by atoms with Gasteiger partial charge in [0.2, 0.25) is 5.95 Å². The number of rotatable bonds is 5. The van der Waals surface area contributed by atoms with Crippen LogP contribution in [0.1, 0.15) is 31.9 Å². The lowest BCUT2D eigenvalue weighted by Gasteiger charge is -2.18. The summed E-state index contributed by atoms with van der Waals surface area (Å²) in [5.74, 6) is 1.13. The van der Waals surface area contributed by atoms with Gasteiger partial charge in [-0.2, -0.15) is 18.2 Å². The maximum absolute atomic E-state index is 12.6. The molecule has 9 heteroatoms. The molecule has 1 fully saturated rings. The molecular weight excluding hydrogens is 399 g/mol. The zero-order chi connectivity index (χ0) is 20.6. The normalized spacial score (nSPS) is 19.6. The first-order chi connectivity index (χ1) is 13.8. The van der Waals surface area contributed by atoms with Crippen LogP contribution in [0.15, 0.2) is 24.3 Å². The zero-order valence-corrected chi connectivity index (χ0v) is 17.0. The predicted octanol–water partition coefficient (Wildman–Crippen LogP) is 5.64. The average molecular weight is 421 g/mol. The van der Waals surface area contributed by atoms with Crippen molar-refractivity contribution in [2.45, 2.75) is 45.3 Å². The van der Waals surface area contributed by atoms with Gasteiger partial charge in [0.15, 0.2) is 0 Å². The largest absolute Gasteiger partial charge is 0.405 e. The molecule has 1 aliphatic rings. The summed E-state index contributed by atoms with van der Waals surface area (Å²) in [6.07, 6.45) is -1.20. The third-order valence-corrected chi connectivity index (χ3v) is 6.13. The number of hydrogen-bond donors (Lipinski definition) is 2. The highest BCUT2D eigenvalue weighted by atomic mass is 32.1. The highest BCUT2D eigenvalue weighted by molar-refractivity contribution is 7.21. The standard InChI is InChI=1S/C20H22F3N5S/c1-11-7-8-13(9-11)26-17-16(18-27-14-5-3-4-6-15(14)29-18)12(2)25-19(28-17)24-10-20(21,22)23/h3-6,11,13H,7-10H2,1-2H3,(H2,24,25,26,28)/t11-,13+/m1/s1. The summed E-state index contributed by atoms with van der Waals surface area (Å²) in [6, 6.07) is 8.06. The molecular formula is C20H22F3N5S. The van der Waals surface area contributed by atoms with Crippen molar-refractivity contribution < 1.29 is 13.2 Å². The summed E-state index contributed by atoms with van der Waals surface area (Å²) in [5, 5.41) is 6.52. The zero-order valence-electron chi connectivity index (χ0n) is 16.2. The average Bonchev–Trinajstić information content (AvgIpc) is 3.25. The van der Waals surface area contributed by atoms with E-state index < -0.39 is 12.7 Å². The fourth-order valence-electron chi connectivity index (χ4n) is 3.70. The first-order valence-electron chi connectivity index (χ1n) is 9.60. The highest BCUT2D eigenvalue weighted by Gasteiger charge is 2.28. The van der Waals surface area contributed by atoms with Gasteiger partial charge in [0.1, 0.15) is 17.4 Å². The van der Waals surface area contributed by atoms with Crippen molar-refractivity contribution in [3.05, 3.63) is 30.0 Å². The van der Waals surface area contributed by atoms with E-state index in [9.17, 15) is 13.2 Å². The van der Waals surface area contributed by atoms with Crippen LogP contribution in [-0.4, -0.2) is 33.7 Å². The number of aryl methyl sites for hydroxylation is 1. The molecule has 154 valence electrons. The second kappa shape index (κ2) is 7.78. The first-order valence-corrected chi connectivity index (χ1v) is 10.4. The Morgan fingerprint density at radius 2 is 1.93 bits per heavy atom. The molecule has 2 aromatic heterocycles. The Morgan fingerprint density at radius 1 is 1.14 bits per heavy atom. The summed E-state index contributed by atoms with van der Waals surface area (Å²) < 4.78 is 38.9. The second-order valence-electron chi connectivity index (χ2n) is 7.57. The third-order valence-electron chi connectivity index (χ3n) is 5.08. The van der Waals surface area contributed by atoms with Crippen molar-refractivity contribution in [2.75, 3.05) is 17.2 Å². The molecule has 1 saturated carbocycles. The third kappa shape index (κ3) is 4.60. The van der Waals surface area contributed by atoms with Crippen molar-refractivity contribution in [1.29, 1.82) is 0 Å². The maximum Gasteiger partial charge on any atom is 0.405 e. The van der Waals surface area contributed by atoms with Crippen molar-refractivity contribution >= 4 is 33.3 Å². The Balaban J connectivity index is 1.73. The van der Waals surface area contributed by atoms with Crippen LogP contribution < -0.4 is 10.6 Å². The summed E-state index contributed by atoms with van der Waals surface area (Å²) in [4.78, 5) is 13.4. The Labute approximate surface area is 170 Å². The monoisotopic (exact) mass is 421 g/mol. The van der Waals surface area contributed by atoms with Crippen LogP contribution >= 0.6 is 11.3 Å². The summed E-state index contributed by atoms with van der Waals surface area (Å²) in [6.45, 7) is 2.81. The van der Waals surface area contributed by atoms with Gasteiger partial charge in [0.05, 0.1) is 21.5 Å². The number of thiazole rings is 1. The number of para-hydroxylation sites is 1. The highest BCUT2D eigenvalue weighted by Crippen LogP contribution is 2.37. The van der Waals surface area contributed by atoms with E-state index in [1.54, 1.807) is 6.92 Å². The van der Waals surface area contributed by atoms with Crippen molar-refractivity contribution in [3.63, 3.8) is 0 Å². The minimum atomic E-state index is -4.34. The fourth-order valence-corrected chi connectivity index (χ4v) is 4.77. The molecule has 0 aliphatic heterocycles. The Hall–Kier alpha value is -2.42. The van der Waals surface area contributed by atoms with E-state index in [1.165, 1.54) is 11.3 Å². The number of fused-ring (bicyclic) bond motifs is 1. The van der Waals surface area contributed by atoms with E-state index in [-0.39, 0.29) is 12.0 Å². The number of benzene rings is 1. The van der Waals surface area contributed by atoms with Gasteiger partial charge in [-0.1, -0.05) is 19.1 Å². The summed E-state index contributed by atoms with van der Waals surface area (Å²) in [7, 11) is 0. The summed E-state index contributed by atoms with van der Waals surface area (Å²) in [5.41, 5.74) is 2.23. The van der Waals surface area contributed by atoms with Gasteiger partial charge in [-0.3, -0.25) is 0 Å². The van der Waals surface area contributed by atoms with Crippen LogP contribution in [0.5, 0.6) is 0 Å². The molecule has 1 aromatic carbocycles. The number of anilines is 2. The van der Waals surface area contributed by atoms with Gasteiger partial charge in [0, 0.05) is 6.04 Å². The Bertz CT molecular complexity index is 984. The maximum atomic E-state index is 12.6. The van der Waals surface area contributed by atoms with Gasteiger partial charge in [-0.25, -0.2) is 9.97 Å². The van der Waals surface area contributed by atoms with Crippen LogP contribution in [-0.2, 0) is 0 Å². The molecule has 0 saturated heterocycles. The fraction of sp³-hybridized carbons (Fsp3) is 0.450. The lowest BCUT2D eigenvalue weighted by atomic mass is 10.1. The Morgan fingerprint density at radius 3 is 2.62 bits per heavy atom. The lowest BCUT2D eigenvalue weighted by molar-refractivity contribution is -0.115. The number of nitrogens with zero attached hydrogens (tertiary/aromatic N) is 3. The van der Waals surface area contributed by atoms with Gasteiger partial charge in [-0.05, 0) is 44.2 Å².